The molecular formula is C30H36. The molecule has 0 heterocycles. The van der Waals surface area contributed by atoms with Crippen LogP contribution in [0, 0.1) is 35.5 Å². The lowest BCUT2D eigenvalue weighted by Crippen LogP contribution is -2.21. The Morgan fingerprint density at radius 3 is 1.67 bits per heavy atom. The highest BCUT2D eigenvalue weighted by atomic mass is 14.4. The van der Waals surface area contributed by atoms with E-state index >= 15 is 0 Å². The van der Waals surface area contributed by atoms with Crippen LogP contribution in [0.25, 0.3) is 11.1 Å². The largest absolute Gasteiger partial charge is 0.0951 e. The van der Waals surface area contributed by atoms with Crippen LogP contribution in [0.1, 0.15) is 95.9 Å². The smallest absolute Gasteiger partial charge is 0.0248 e. The van der Waals surface area contributed by atoms with E-state index in [0.717, 1.165) is 11.1 Å². The molecule has 30 heavy (non-hydrogen) atoms. The minimum Gasteiger partial charge on any atom is -0.0951 e. The summed E-state index contributed by atoms with van der Waals surface area (Å²) in [4.78, 5) is 0. The molecule has 0 saturated heterocycles. The Morgan fingerprint density at radius 1 is 0.733 bits per heavy atom. The van der Waals surface area contributed by atoms with Gasteiger partial charge >= 0.3 is 0 Å². The molecule has 0 unspecified atom stereocenters. The summed E-state index contributed by atoms with van der Waals surface area (Å²) in [5, 5.41) is 0. The molecule has 1 aliphatic rings. The van der Waals surface area contributed by atoms with Crippen molar-refractivity contribution < 1.29 is 0 Å². The quantitative estimate of drug-likeness (QED) is 0.355. The van der Waals surface area contributed by atoms with Crippen LogP contribution in [0.15, 0.2) is 36.4 Å². The first kappa shape index (κ1) is 22.2. The van der Waals surface area contributed by atoms with Crippen LogP contribution in [-0.4, -0.2) is 0 Å². The summed E-state index contributed by atoms with van der Waals surface area (Å²) in [6, 6.07) is 13.7. The van der Waals surface area contributed by atoms with E-state index < -0.39 is 0 Å². The highest BCUT2D eigenvalue weighted by Gasteiger charge is 2.39. The van der Waals surface area contributed by atoms with E-state index in [-0.39, 0.29) is 5.41 Å². The van der Waals surface area contributed by atoms with Gasteiger partial charge in [-0.3, -0.25) is 0 Å². The Bertz CT molecular complexity index is 936. The van der Waals surface area contributed by atoms with Crippen molar-refractivity contribution in [1.82, 2.24) is 0 Å². The Morgan fingerprint density at radius 2 is 1.23 bits per heavy atom. The topological polar surface area (TPSA) is 0 Å². The summed E-state index contributed by atoms with van der Waals surface area (Å²) in [7, 11) is 0. The summed E-state index contributed by atoms with van der Waals surface area (Å²) in [5.41, 5.74) is 7.94. The SMILES string of the molecule is CCCCCCC1(C)c2cc(C#CC(C)C)ccc2-c2ccc(C#CC(C)C)cc21. The monoisotopic (exact) mass is 396 g/mol. The van der Waals surface area contributed by atoms with Gasteiger partial charge in [0.05, 0.1) is 0 Å². The lowest BCUT2D eigenvalue weighted by Gasteiger charge is -2.28. The number of hydrogen-bond donors (Lipinski definition) is 0. The van der Waals surface area contributed by atoms with Crippen molar-refractivity contribution in [3.05, 3.63) is 58.7 Å². The maximum atomic E-state index is 3.39. The van der Waals surface area contributed by atoms with Gasteiger partial charge in [0, 0.05) is 28.4 Å². The van der Waals surface area contributed by atoms with Gasteiger partial charge in [-0.15, -0.1) is 0 Å². The van der Waals surface area contributed by atoms with Gasteiger partial charge in [-0.05, 0) is 52.9 Å². The molecule has 0 atom stereocenters. The second-order valence-electron chi connectivity index (χ2n) is 9.51. The van der Waals surface area contributed by atoms with Crippen molar-refractivity contribution in [2.45, 2.75) is 79.1 Å². The lowest BCUT2D eigenvalue weighted by atomic mass is 9.75. The van der Waals surface area contributed by atoms with E-state index in [1.54, 1.807) is 0 Å². The predicted octanol–water partition coefficient (Wildman–Crippen LogP) is 7.96. The molecule has 2 aromatic carbocycles. The summed E-state index contributed by atoms with van der Waals surface area (Å²) in [6.45, 7) is 13.3. The average molecular weight is 397 g/mol. The Balaban J connectivity index is 2.07. The third-order valence-corrected chi connectivity index (χ3v) is 6.06. The predicted molar refractivity (Wildman–Crippen MR) is 131 cm³/mol. The molecule has 0 aliphatic heterocycles. The van der Waals surface area contributed by atoms with Crippen molar-refractivity contribution >= 4 is 0 Å². The number of benzene rings is 2. The minimum absolute atomic E-state index is 0.0312. The fraction of sp³-hybridized carbons (Fsp3) is 0.467. The maximum Gasteiger partial charge on any atom is 0.0248 e. The highest BCUT2D eigenvalue weighted by molar-refractivity contribution is 5.82. The molecule has 0 spiro atoms. The zero-order valence-corrected chi connectivity index (χ0v) is 19.7. The molecule has 0 N–H and O–H groups in total. The van der Waals surface area contributed by atoms with E-state index in [1.165, 1.54) is 54.4 Å². The summed E-state index contributed by atoms with van der Waals surface area (Å²) < 4.78 is 0. The fourth-order valence-corrected chi connectivity index (χ4v) is 4.40. The molecular weight excluding hydrogens is 360 g/mol. The Kier molecular flexibility index (Phi) is 7.10. The maximum absolute atomic E-state index is 3.39. The third-order valence-electron chi connectivity index (χ3n) is 6.06. The first-order valence-corrected chi connectivity index (χ1v) is 11.7. The summed E-state index contributed by atoms with van der Waals surface area (Å²) in [6.07, 6.45) is 6.32. The zero-order chi connectivity index (χ0) is 21.7. The van der Waals surface area contributed by atoms with Gasteiger partial charge in [0.25, 0.3) is 0 Å². The van der Waals surface area contributed by atoms with Gasteiger partial charge in [-0.25, -0.2) is 0 Å². The van der Waals surface area contributed by atoms with E-state index in [9.17, 15) is 0 Å². The molecule has 0 amide bonds. The van der Waals surface area contributed by atoms with Crippen molar-refractivity contribution in [1.29, 1.82) is 0 Å². The van der Waals surface area contributed by atoms with E-state index in [1.807, 2.05) is 0 Å². The fourth-order valence-electron chi connectivity index (χ4n) is 4.40. The van der Waals surface area contributed by atoms with Crippen LogP contribution in [0.5, 0.6) is 0 Å². The molecule has 0 nitrogen and oxygen atoms in total. The van der Waals surface area contributed by atoms with Gasteiger partial charge in [-0.2, -0.15) is 0 Å². The molecule has 0 aromatic heterocycles. The number of rotatable bonds is 5. The third kappa shape index (κ3) is 4.82. The highest BCUT2D eigenvalue weighted by Crippen LogP contribution is 2.51. The van der Waals surface area contributed by atoms with Crippen molar-refractivity contribution in [2.75, 3.05) is 0 Å². The Hall–Kier alpha value is -2.44. The first-order valence-electron chi connectivity index (χ1n) is 11.7. The molecule has 2 aromatic rings. The summed E-state index contributed by atoms with van der Waals surface area (Å²) >= 11 is 0. The van der Waals surface area contributed by atoms with E-state index in [2.05, 4.69) is 102 Å². The van der Waals surface area contributed by atoms with Crippen LogP contribution in [0.3, 0.4) is 0 Å². The molecule has 0 fully saturated rings. The van der Waals surface area contributed by atoms with Crippen LogP contribution < -0.4 is 0 Å². The van der Waals surface area contributed by atoms with Gasteiger partial charge in [0.1, 0.15) is 0 Å². The molecule has 0 saturated carbocycles. The average Bonchev–Trinajstić information content (AvgIpc) is 2.96. The normalized spacial score (nSPS) is 13.3. The van der Waals surface area contributed by atoms with E-state index in [4.69, 9.17) is 0 Å². The molecule has 0 radical (unpaired) electrons. The molecule has 3 rings (SSSR count). The van der Waals surface area contributed by atoms with Gasteiger partial charge < -0.3 is 0 Å². The first-order chi connectivity index (χ1) is 14.3. The second kappa shape index (κ2) is 9.58. The van der Waals surface area contributed by atoms with Crippen molar-refractivity contribution in [2.24, 2.45) is 11.8 Å². The lowest BCUT2D eigenvalue weighted by molar-refractivity contribution is 0.487. The van der Waals surface area contributed by atoms with E-state index in [0.29, 0.717) is 11.8 Å². The second-order valence-corrected chi connectivity index (χ2v) is 9.51. The zero-order valence-electron chi connectivity index (χ0n) is 19.7. The van der Waals surface area contributed by atoms with Gasteiger partial charge in [0.2, 0.25) is 0 Å². The van der Waals surface area contributed by atoms with Gasteiger partial charge in [-0.1, -0.05) is 103 Å². The number of unbranched alkanes of at least 4 members (excludes halogenated alkanes) is 3. The van der Waals surface area contributed by atoms with Gasteiger partial charge in [0.15, 0.2) is 0 Å². The van der Waals surface area contributed by atoms with Crippen molar-refractivity contribution in [3.63, 3.8) is 0 Å². The molecule has 0 bridgehead atoms. The van der Waals surface area contributed by atoms with Crippen LogP contribution in [0.2, 0.25) is 0 Å². The molecule has 156 valence electrons. The standard InChI is InChI=1S/C30H36/c1-7-8-9-10-19-30(6)28-20-24(13-11-22(2)3)15-17-26(28)27-18-16-25(21-29(27)30)14-12-23(4)5/h15-18,20-23H,7-10,19H2,1-6H3. The summed E-state index contributed by atoms with van der Waals surface area (Å²) in [5.74, 6) is 14.2. The van der Waals surface area contributed by atoms with Crippen molar-refractivity contribution in [3.8, 4) is 34.8 Å². The molecule has 1 aliphatic carbocycles. The Labute approximate surface area is 184 Å². The van der Waals surface area contributed by atoms with Crippen LogP contribution >= 0.6 is 0 Å². The number of fused-ring (bicyclic) bond motifs is 3. The van der Waals surface area contributed by atoms with Crippen LogP contribution in [0.4, 0.5) is 0 Å². The molecule has 0 heteroatoms. The van der Waals surface area contributed by atoms with Crippen LogP contribution in [-0.2, 0) is 5.41 Å². The number of hydrogen-bond acceptors (Lipinski definition) is 0. The minimum atomic E-state index is 0.0312.